The minimum Gasteiger partial charge on any atom is -0.496 e. The molecule has 0 atom stereocenters. The van der Waals surface area contributed by atoms with Crippen LogP contribution in [0.4, 0.5) is 0 Å². The van der Waals surface area contributed by atoms with Crippen LogP contribution in [0.1, 0.15) is 24.8 Å². The highest BCUT2D eigenvalue weighted by Gasteiger charge is 2.32. The summed E-state index contributed by atoms with van der Waals surface area (Å²) in [6, 6.07) is 8.23. The molecule has 0 unspecified atom stereocenters. The van der Waals surface area contributed by atoms with E-state index in [0.717, 1.165) is 24.2 Å². The van der Waals surface area contributed by atoms with Gasteiger partial charge in [-0.15, -0.1) is 12.4 Å². The number of benzene rings is 1. The van der Waals surface area contributed by atoms with Gasteiger partial charge in [-0.2, -0.15) is 0 Å². The molecule has 1 fully saturated rings. The fraction of sp³-hybridized carbons (Fsp3) is 0.500. The van der Waals surface area contributed by atoms with Gasteiger partial charge in [-0.3, -0.25) is 4.79 Å². The molecular formula is C14H21ClN2O2. The van der Waals surface area contributed by atoms with Gasteiger partial charge in [0.05, 0.1) is 7.11 Å². The molecule has 1 aromatic carbocycles. The van der Waals surface area contributed by atoms with Crippen LogP contribution in [0.25, 0.3) is 0 Å². The molecule has 5 heteroatoms. The zero-order valence-electron chi connectivity index (χ0n) is 11.2. The lowest BCUT2D eigenvalue weighted by atomic mass is 10.1. The van der Waals surface area contributed by atoms with Crippen LogP contribution < -0.4 is 10.5 Å². The maximum Gasteiger partial charge on any atom is 0.224 e. The SMILES string of the molecule is COc1ccccc1CN(C(=O)CCN)C1CC1.Cl. The molecule has 0 saturated heterocycles. The molecule has 1 aliphatic carbocycles. The van der Waals surface area contributed by atoms with E-state index < -0.39 is 0 Å². The third-order valence-electron chi connectivity index (χ3n) is 3.20. The van der Waals surface area contributed by atoms with Crippen molar-refractivity contribution in [2.45, 2.75) is 31.8 Å². The van der Waals surface area contributed by atoms with E-state index in [1.165, 1.54) is 0 Å². The standard InChI is InChI=1S/C14H20N2O2.ClH/c1-18-13-5-3-2-4-11(13)10-16(12-6-7-12)14(17)8-9-15;/h2-5,12H,6-10,15H2,1H3;1H. The summed E-state index contributed by atoms with van der Waals surface area (Å²) in [6.07, 6.45) is 2.63. The van der Waals surface area contributed by atoms with E-state index in [1.807, 2.05) is 29.2 Å². The summed E-state index contributed by atoms with van der Waals surface area (Å²) in [6.45, 7) is 1.03. The van der Waals surface area contributed by atoms with Crippen molar-refractivity contribution in [3.05, 3.63) is 29.8 Å². The van der Waals surface area contributed by atoms with Gasteiger partial charge in [0.1, 0.15) is 5.75 Å². The van der Waals surface area contributed by atoms with E-state index in [9.17, 15) is 4.79 Å². The van der Waals surface area contributed by atoms with Gasteiger partial charge in [0.15, 0.2) is 0 Å². The largest absolute Gasteiger partial charge is 0.496 e. The molecule has 1 saturated carbocycles. The fourth-order valence-electron chi connectivity index (χ4n) is 2.09. The molecule has 19 heavy (non-hydrogen) atoms. The van der Waals surface area contributed by atoms with E-state index in [0.29, 0.717) is 25.6 Å². The molecule has 2 rings (SSSR count). The smallest absolute Gasteiger partial charge is 0.224 e. The topological polar surface area (TPSA) is 55.6 Å². The normalized spacial score (nSPS) is 13.6. The van der Waals surface area contributed by atoms with E-state index in [4.69, 9.17) is 10.5 Å². The first-order valence-electron chi connectivity index (χ1n) is 6.37. The second-order valence-electron chi connectivity index (χ2n) is 4.60. The average Bonchev–Trinajstić information content (AvgIpc) is 3.21. The van der Waals surface area contributed by atoms with E-state index in [-0.39, 0.29) is 18.3 Å². The van der Waals surface area contributed by atoms with Gasteiger partial charge >= 0.3 is 0 Å². The van der Waals surface area contributed by atoms with E-state index in [1.54, 1.807) is 7.11 Å². The van der Waals surface area contributed by atoms with Crippen molar-refractivity contribution in [3.8, 4) is 5.75 Å². The summed E-state index contributed by atoms with van der Waals surface area (Å²) in [5.41, 5.74) is 6.52. The van der Waals surface area contributed by atoms with Gasteiger partial charge in [0.25, 0.3) is 0 Å². The number of halogens is 1. The van der Waals surface area contributed by atoms with Gasteiger partial charge in [0, 0.05) is 31.1 Å². The van der Waals surface area contributed by atoms with Crippen LogP contribution in [0.5, 0.6) is 5.75 Å². The van der Waals surface area contributed by atoms with Crippen LogP contribution >= 0.6 is 12.4 Å². The predicted molar refractivity (Wildman–Crippen MR) is 77.5 cm³/mol. The van der Waals surface area contributed by atoms with E-state index >= 15 is 0 Å². The number of ether oxygens (including phenoxy) is 1. The van der Waals surface area contributed by atoms with Crippen molar-refractivity contribution in [2.75, 3.05) is 13.7 Å². The number of carbonyl (C=O) groups is 1. The quantitative estimate of drug-likeness (QED) is 0.869. The Balaban J connectivity index is 0.00000180. The number of para-hydroxylation sites is 1. The molecule has 1 aliphatic rings. The first kappa shape index (κ1) is 15.8. The molecule has 1 amide bonds. The number of methoxy groups -OCH3 is 1. The van der Waals surface area contributed by atoms with Crippen molar-refractivity contribution in [2.24, 2.45) is 5.73 Å². The molecule has 0 aromatic heterocycles. The van der Waals surface area contributed by atoms with Crippen molar-refractivity contribution >= 4 is 18.3 Å². The summed E-state index contributed by atoms with van der Waals surface area (Å²) < 4.78 is 5.32. The number of hydrogen-bond donors (Lipinski definition) is 1. The molecule has 1 aromatic rings. The average molecular weight is 285 g/mol. The summed E-state index contributed by atoms with van der Waals surface area (Å²) in [5.74, 6) is 0.981. The number of amides is 1. The van der Waals surface area contributed by atoms with Gasteiger partial charge < -0.3 is 15.4 Å². The Kier molecular flexibility index (Phi) is 6.12. The Hall–Kier alpha value is -1.26. The van der Waals surface area contributed by atoms with Crippen LogP contribution in [-0.2, 0) is 11.3 Å². The Bertz CT molecular complexity index is 422. The number of carbonyl (C=O) groups excluding carboxylic acids is 1. The lowest BCUT2D eigenvalue weighted by Gasteiger charge is -2.23. The van der Waals surface area contributed by atoms with Gasteiger partial charge in [-0.1, -0.05) is 18.2 Å². The van der Waals surface area contributed by atoms with Gasteiger partial charge in [0.2, 0.25) is 5.91 Å². The lowest BCUT2D eigenvalue weighted by molar-refractivity contribution is -0.132. The van der Waals surface area contributed by atoms with Gasteiger partial charge in [-0.05, 0) is 18.9 Å². The number of hydrogen-bond acceptors (Lipinski definition) is 3. The molecule has 4 nitrogen and oxygen atoms in total. The van der Waals surface area contributed by atoms with Crippen molar-refractivity contribution < 1.29 is 9.53 Å². The minimum atomic E-state index is 0. The molecule has 2 N–H and O–H groups in total. The number of rotatable bonds is 6. The van der Waals surface area contributed by atoms with Crippen molar-refractivity contribution in [3.63, 3.8) is 0 Å². The Morgan fingerprint density at radius 3 is 2.68 bits per heavy atom. The third kappa shape index (κ3) is 4.11. The fourth-order valence-corrected chi connectivity index (χ4v) is 2.09. The van der Waals surface area contributed by atoms with Crippen LogP contribution in [0.2, 0.25) is 0 Å². The summed E-state index contributed by atoms with van der Waals surface area (Å²) >= 11 is 0. The van der Waals surface area contributed by atoms with E-state index in [2.05, 4.69) is 0 Å². The highest BCUT2D eigenvalue weighted by molar-refractivity contribution is 5.85. The first-order valence-corrected chi connectivity index (χ1v) is 6.37. The Morgan fingerprint density at radius 1 is 1.42 bits per heavy atom. The molecule has 0 heterocycles. The van der Waals surface area contributed by atoms with Crippen LogP contribution in [0.3, 0.4) is 0 Å². The van der Waals surface area contributed by atoms with Crippen LogP contribution in [-0.4, -0.2) is 30.5 Å². The number of nitrogens with two attached hydrogens (primary N) is 1. The molecule has 106 valence electrons. The summed E-state index contributed by atoms with van der Waals surface area (Å²) in [5, 5.41) is 0. The zero-order valence-corrected chi connectivity index (χ0v) is 12.0. The second kappa shape index (κ2) is 7.36. The Labute approximate surface area is 120 Å². The zero-order chi connectivity index (χ0) is 13.0. The first-order chi connectivity index (χ1) is 8.76. The van der Waals surface area contributed by atoms with Crippen LogP contribution in [0.15, 0.2) is 24.3 Å². The second-order valence-corrected chi connectivity index (χ2v) is 4.60. The number of nitrogens with zero attached hydrogens (tertiary/aromatic N) is 1. The molecule has 0 spiro atoms. The molecule has 0 radical (unpaired) electrons. The monoisotopic (exact) mass is 284 g/mol. The summed E-state index contributed by atoms with van der Waals surface area (Å²) in [4.78, 5) is 14.0. The van der Waals surface area contributed by atoms with Crippen molar-refractivity contribution in [1.29, 1.82) is 0 Å². The molecule has 0 bridgehead atoms. The van der Waals surface area contributed by atoms with Gasteiger partial charge in [-0.25, -0.2) is 0 Å². The predicted octanol–water partition coefficient (Wildman–Crippen LogP) is 1.96. The lowest BCUT2D eigenvalue weighted by Crippen LogP contribution is -2.33. The van der Waals surface area contributed by atoms with Crippen molar-refractivity contribution in [1.82, 2.24) is 4.90 Å². The van der Waals surface area contributed by atoms with Crippen LogP contribution in [0, 0.1) is 0 Å². The molecule has 0 aliphatic heterocycles. The minimum absolute atomic E-state index is 0. The summed E-state index contributed by atoms with van der Waals surface area (Å²) in [7, 11) is 1.65. The highest BCUT2D eigenvalue weighted by Crippen LogP contribution is 2.30. The third-order valence-corrected chi connectivity index (χ3v) is 3.20. The maximum atomic E-state index is 12.0. The Morgan fingerprint density at radius 2 is 2.11 bits per heavy atom. The molecular weight excluding hydrogens is 264 g/mol. The highest BCUT2D eigenvalue weighted by atomic mass is 35.5. The maximum absolute atomic E-state index is 12.0.